The maximum Gasteiger partial charge on any atom is 0.446 e. The summed E-state index contributed by atoms with van der Waals surface area (Å²) >= 11 is -0.199. The average molecular weight is 220 g/mol. The third-order valence-electron chi connectivity index (χ3n) is 1.28. The molecule has 0 aliphatic rings. The maximum absolute atomic E-state index is 11.9. The van der Waals surface area contributed by atoms with Crippen molar-refractivity contribution in [1.29, 1.82) is 0 Å². The Balaban J connectivity index is 2.68. The van der Waals surface area contributed by atoms with Gasteiger partial charge in [-0.1, -0.05) is 0 Å². The highest BCUT2D eigenvalue weighted by molar-refractivity contribution is 8.00. The second-order valence-corrected chi connectivity index (χ2v) is 3.44. The quantitative estimate of drug-likeness (QED) is 0.626. The van der Waals surface area contributed by atoms with Crippen LogP contribution in [0.15, 0.2) is 29.2 Å². The zero-order valence-corrected chi connectivity index (χ0v) is 7.58. The zero-order chi connectivity index (χ0) is 10.6. The summed E-state index contributed by atoms with van der Waals surface area (Å²) in [6.45, 7) is 0. The number of benzene rings is 1. The van der Waals surface area contributed by atoms with E-state index in [1.807, 2.05) is 0 Å². The SMILES string of the molecule is O=[C]Nc1ccc(SC(F)(F)F)cc1. The highest BCUT2D eigenvalue weighted by Gasteiger charge is 2.28. The average Bonchev–Trinajstić information content (AvgIpc) is 2.06. The van der Waals surface area contributed by atoms with Crippen LogP contribution >= 0.6 is 11.8 Å². The van der Waals surface area contributed by atoms with Gasteiger partial charge < -0.3 is 5.32 Å². The smallest absolute Gasteiger partial charge is 0.318 e. The van der Waals surface area contributed by atoms with E-state index < -0.39 is 5.51 Å². The Labute approximate surface area is 82.5 Å². The summed E-state index contributed by atoms with van der Waals surface area (Å²) < 4.78 is 35.6. The molecule has 6 heteroatoms. The predicted molar refractivity (Wildman–Crippen MR) is 47.7 cm³/mol. The van der Waals surface area contributed by atoms with Crippen molar-refractivity contribution < 1.29 is 18.0 Å². The Morgan fingerprint density at radius 3 is 2.21 bits per heavy atom. The molecule has 0 spiro atoms. The Hall–Kier alpha value is -1.17. The third kappa shape index (κ3) is 3.69. The molecule has 1 amide bonds. The van der Waals surface area contributed by atoms with Crippen molar-refractivity contribution >= 4 is 23.9 Å². The fraction of sp³-hybridized carbons (Fsp3) is 0.125. The molecular formula is C8H5F3NOS. The van der Waals surface area contributed by atoms with Gasteiger partial charge in [0.15, 0.2) is 0 Å². The molecule has 0 aromatic heterocycles. The van der Waals surface area contributed by atoms with Crippen molar-refractivity contribution in [3.8, 4) is 0 Å². The van der Waals surface area contributed by atoms with Crippen LogP contribution in [0.4, 0.5) is 18.9 Å². The van der Waals surface area contributed by atoms with Crippen molar-refractivity contribution in [3.63, 3.8) is 0 Å². The fourth-order valence-electron chi connectivity index (χ4n) is 0.799. The highest BCUT2D eigenvalue weighted by Crippen LogP contribution is 2.36. The zero-order valence-electron chi connectivity index (χ0n) is 6.76. The van der Waals surface area contributed by atoms with Crippen molar-refractivity contribution in [2.45, 2.75) is 10.4 Å². The molecule has 0 saturated carbocycles. The Kier molecular flexibility index (Phi) is 3.40. The van der Waals surface area contributed by atoms with Crippen LogP contribution in [0.5, 0.6) is 0 Å². The van der Waals surface area contributed by atoms with Crippen LogP contribution < -0.4 is 5.32 Å². The molecule has 1 N–H and O–H groups in total. The van der Waals surface area contributed by atoms with E-state index in [4.69, 9.17) is 0 Å². The molecule has 14 heavy (non-hydrogen) atoms. The molecule has 1 aromatic rings. The first-order chi connectivity index (χ1) is 6.51. The van der Waals surface area contributed by atoms with Crippen LogP contribution in [0, 0.1) is 0 Å². The van der Waals surface area contributed by atoms with Gasteiger partial charge >= 0.3 is 11.9 Å². The minimum absolute atomic E-state index is 0.0777. The second-order valence-electron chi connectivity index (χ2n) is 2.30. The normalized spacial score (nSPS) is 11.1. The van der Waals surface area contributed by atoms with Crippen LogP contribution in [0.25, 0.3) is 0 Å². The summed E-state index contributed by atoms with van der Waals surface area (Å²) in [4.78, 5) is 9.94. The minimum atomic E-state index is -4.29. The topological polar surface area (TPSA) is 29.1 Å². The Morgan fingerprint density at radius 1 is 1.21 bits per heavy atom. The summed E-state index contributed by atoms with van der Waals surface area (Å²) in [6.07, 6.45) is 1.42. The molecule has 2 nitrogen and oxygen atoms in total. The van der Waals surface area contributed by atoms with Crippen LogP contribution in [-0.4, -0.2) is 11.9 Å². The molecule has 0 atom stereocenters. The van der Waals surface area contributed by atoms with E-state index in [0.29, 0.717) is 5.69 Å². The molecule has 75 valence electrons. The minimum Gasteiger partial charge on any atom is -0.318 e. The van der Waals surface area contributed by atoms with Gasteiger partial charge in [-0.25, -0.2) is 0 Å². The fourth-order valence-corrected chi connectivity index (χ4v) is 1.34. The van der Waals surface area contributed by atoms with Gasteiger partial charge in [-0.05, 0) is 36.0 Å². The van der Waals surface area contributed by atoms with Gasteiger partial charge in [-0.3, -0.25) is 4.79 Å². The van der Waals surface area contributed by atoms with Gasteiger partial charge in [0, 0.05) is 10.6 Å². The first-order valence-electron chi connectivity index (χ1n) is 3.50. The van der Waals surface area contributed by atoms with Crippen molar-refractivity contribution in [2.75, 3.05) is 5.32 Å². The lowest BCUT2D eigenvalue weighted by atomic mass is 10.3. The highest BCUT2D eigenvalue weighted by atomic mass is 32.2. The molecule has 0 fully saturated rings. The van der Waals surface area contributed by atoms with E-state index in [1.165, 1.54) is 30.7 Å². The molecule has 0 heterocycles. The summed E-state index contributed by atoms with van der Waals surface area (Å²) in [5, 5.41) is 2.20. The van der Waals surface area contributed by atoms with Crippen molar-refractivity contribution in [3.05, 3.63) is 24.3 Å². The Morgan fingerprint density at radius 2 is 1.79 bits per heavy atom. The van der Waals surface area contributed by atoms with Crippen LogP contribution in [0.3, 0.4) is 0 Å². The molecule has 1 aromatic carbocycles. The third-order valence-corrected chi connectivity index (χ3v) is 2.02. The molecule has 1 radical (unpaired) electrons. The van der Waals surface area contributed by atoms with Crippen molar-refractivity contribution in [2.24, 2.45) is 0 Å². The molecule has 1 rings (SSSR count). The molecule has 0 aliphatic heterocycles. The van der Waals surface area contributed by atoms with Gasteiger partial charge in [-0.15, -0.1) is 0 Å². The number of rotatable bonds is 3. The summed E-state index contributed by atoms with van der Waals surface area (Å²) in [7, 11) is 0. The number of hydrogen-bond acceptors (Lipinski definition) is 2. The number of hydrogen-bond donors (Lipinski definition) is 1. The van der Waals surface area contributed by atoms with Crippen LogP contribution in [-0.2, 0) is 4.79 Å². The van der Waals surface area contributed by atoms with E-state index in [2.05, 4.69) is 5.32 Å². The van der Waals surface area contributed by atoms with E-state index in [1.54, 1.807) is 0 Å². The number of amides is 1. The number of carbonyl (C=O) groups excluding carboxylic acids is 1. The first-order valence-corrected chi connectivity index (χ1v) is 4.32. The summed E-state index contributed by atoms with van der Waals surface area (Å²) in [6, 6.07) is 5.30. The lowest BCUT2D eigenvalue weighted by Gasteiger charge is -2.05. The molecule has 0 saturated heterocycles. The monoisotopic (exact) mass is 220 g/mol. The van der Waals surface area contributed by atoms with Gasteiger partial charge in [0.2, 0.25) is 0 Å². The van der Waals surface area contributed by atoms with E-state index in [0.717, 1.165) is 0 Å². The summed E-state index contributed by atoms with van der Waals surface area (Å²) in [5.41, 5.74) is -3.88. The van der Waals surface area contributed by atoms with Crippen LogP contribution in [0.2, 0.25) is 0 Å². The largest absolute Gasteiger partial charge is 0.446 e. The number of halogens is 3. The Bertz CT molecular complexity index is 309. The van der Waals surface area contributed by atoms with Gasteiger partial charge in [0.1, 0.15) is 0 Å². The standard InChI is InChI=1S/C8H5F3NOS/c9-8(10,11)14-7-3-1-6(2-4-7)12-5-13/h1-4H,(H,12,13). The van der Waals surface area contributed by atoms with Gasteiger partial charge in [0.25, 0.3) is 0 Å². The van der Waals surface area contributed by atoms with E-state index in [-0.39, 0.29) is 16.7 Å². The first kappa shape index (κ1) is 10.9. The molecule has 0 bridgehead atoms. The van der Waals surface area contributed by atoms with E-state index >= 15 is 0 Å². The predicted octanol–water partition coefficient (Wildman–Crippen LogP) is 2.78. The van der Waals surface area contributed by atoms with Gasteiger partial charge in [-0.2, -0.15) is 13.2 Å². The van der Waals surface area contributed by atoms with Crippen LogP contribution in [0.1, 0.15) is 0 Å². The number of thioether (sulfide) groups is 1. The number of anilines is 1. The summed E-state index contributed by atoms with van der Waals surface area (Å²) in [5.74, 6) is 0. The molecule has 0 unspecified atom stereocenters. The van der Waals surface area contributed by atoms with Gasteiger partial charge in [0.05, 0.1) is 0 Å². The lowest BCUT2D eigenvalue weighted by Crippen LogP contribution is -1.99. The second kappa shape index (κ2) is 4.36. The maximum atomic E-state index is 11.9. The van der Waals surface area contributed by atoms with Crippen molar-refractivity contribution in [1.82, 2.24) is 0 Å². The number of alkyl halides is 3. The molecule has 0 aliphatic carbocycles. The van der Waals surface area contributed by atoms with E-state index in [9.17, 15) is 18.0 Å². The lowest BCUT2D eigenvalue weighted by molar-refractivity contribution is -0.0328. The molecular weight excluding hydrogens is 215 g/mol. The number of nitrogens with one attached hydrogen (secondary N) is 1.